The van der Waals surface area contributed by atoms with E-state index < -0.39 is 10.0 Å². The van der Waals surface area contributed by atoms with Gasteiger partial charge in [0.15, 0.2) is 0 Å². The van der Waals surface area contributed by atoms with E-state index in [1.54, 1.807) is 18.2 Å². The second-order valence-electron chi connectivity index (χ2n) is 6.53. The second-order valence-corrected chi connectivity index (χ2v) is 9.18. The Bertz CT molecular complexity index is 848. The molecule has 4 nitrogen and oxygen atoms in total. The lowest BCUT2D eigenvalue weighted by atomic mass is 10.1. The number of nitrogens with one attached hydrogen (secondary N) is 1. The maximum atomic E-state index is 12.3. The van der Waals surface area contributed by atoms with E-state index in [0.29, 0.717) is 15.6 Å². The first-order valence-corrected chi connectivity index (χ1v) is 11.1. The van der Waals surface area contributed by atoms with Gasteiger partial charge in [0, 0.05) is 35.4 Å². The number of piperidine rings is 1. The smallest absolute Gasteiger partial charge is 0.216 e. The summed E-state index contributed by atoms with van der Waals surface area (Å²) in [5, 5.41) is 0.840. The van der Waals surface area contributed by atoms with Gasteiger partial charge in [-0.3, -0.25) is 0 Å². The van der Waals surface area contributed by atoms with Crippen molar-refractivity contribution in [1.29, 1.82) is 0 Å². The Morgan fingerprint density at radius 3 is 2.31 bits per heavy atom. The molecule has 140 valence electrons. The summed E-state index contributed by atoms with van der Waals surface area (Å²) in [5.41, 5.74) is 2.66. The number of hydrogen-bond acceptors (Lipinski definition) is 3. The van der Waals surface area contributed by atoms with E-state index >= 15 is 0 Å². The van der Waals surface area contributed by atoms with Crippen LogP contribution >= 0.6 is 23.2 Å². The number of halogens is 2. The second kappa shape index (κ2) is 8.61. The SMILES string of the molecule is O=S(=O)(Cc1ccc(Cl)cc1Cl)NCc1ccc(N2CCCCC2)cc1. The number of hydrogen-bond donors (Lipinski definition) is 1. The van der Waals surface area contributed by atoms with Crippen LogP contribution in [0.5, 0.6) is 0 Å². The van der Waals surface area contributed by atoms with Gasteiger partial charge in [-0.25, -0.2) is 13.1 Å². The summed E-state index contributed by atoms with van der Waals surface area (Å²) in [5.74, 6) is -0.172. The third-order valence-electron chi connectivity index (χ3n) is 4.51. The lowest BCUT2D eigenvalue weighted by Gasteiger charge is -2.28. The van der Waals surface area contributed by atoms with Crippen molar-refractivity contribution < 1.29 is 8.42 Å². The topological polar surface area (TPSA) is 49.4 Å². The van der Waals surface area contributed by atoms with Crippen LogP contribution in [0.3, 0.4) is 0 Å². The minimum absolute atomic E-state index is 0.172. The molecule has 0 amide bonds. The molecule has 2 aromatic carbocycles. The number of anilines is 1. The van der Waals surface area contributed by atoms with Crippen molar-refractivity contribution in [3.05, 3.63) is 63.6 Å². The molecule has 1 heterocycles. The number of benzene rings is 2. The molecule has 0 aliphatic carbocycles. The molecule has 1 aliphatic rings. The predicted octanol–water partition coefficient (Wildman–Crippen LogP) is 4.60. The van der Waals surface area contributed by atoms with Crippen molar-refractivity contribution in [1.82, 2.24) is 4.72 Å². The summed E-state index contributed by atoms with van der Waals surface area (Å²) < 4.78 is 27.3. The zero-order valence-electron chi connectivity index (χ0n) is 14.4. The summed E-state index contributed by atoms with van der Waals surface area (Å²) in [4.78, 5) is 2.37. The van der Waals surface area contributed by atoms with Gasteiger partial charge in [-0.05, 0) is 54.7 Å². The fourth-order valence-corrected chi connectivity index (χ4v) is 4.77. The van der Waals surface area contributed by atoms with Gasteiger partial charge in [0.25, 0.3) is 0 Å². The van der Waals surface area contributed by atoms with E-state index in [9.17, 15) is 8.42 Å². The van der Waals surface area contributed by atoms with Crippen LogP contribution in [0, 0.1) is 0 Å². The maximum Gasteiger partial charge on any atom is 0.216 e. The van der Waals surface area contributed by atoms with Gasteiger partial charge in [0.05, 0.1) is 5.75 Å². The molecule has 3 rings (SSSR count). The molecule has 1 N–H and O–H groups in total. The Labute approximate surface area is 165 Å². The number of rotatable bonds is 6. The van der Waals surface area contributed by atoms with Gasteiger partial charge in [0.1, 0.15) is 0 Å². The average Bonchev–Trinajstić information content (AvgIpc) is 2.64. The normalized spacial score (nSPS) is 15.2. The molecule has 0 bridgehead atoms. The lowest BCUT2D eigenvalue weighted by Crippen LogP contribution is -2.29. The summed E-state index contributed by atoms with van der Waals surface area (Å²) in [7, 11) is -3.49. The van der Waals surface area contributed by atoms with Gasteiger partial charge in [-0.2, -0.15) is 0 Å². The van der Waals surface area contributed by atoms with Crippen LogP contribution in [-0.4, -0.2) is 21.5 Å². The molecule has 0 unspecified atom stereocenters. The highest BCUT2D eigenvalue weighted by Gasteiger charge is 2.15. The molecule has 26 heavy (non-hydrogen) atoms. The number of nitrogens with zero attached hydrogens (tertiary/aromatic N) is 1. The molecular weight excluding hydrogens is 391 g/mol. The van der Waals surface area contributed by atoms with Crippen LogP contribution < -0.4 is 9.62 Å². The molecular formula is C19H22Cl2N2O2S. The van der Waals surface area contributed by atoms with E-state index in [4.69, 9.17) is 23.2 Å². The summed E-state index contributed by atoms with van der Waals surface area (Å²) in [6.07, 6.45) is 3.76. The molecule has 7 heteroatoms. The van der Waals surface area contributed by atoms with E-state index in [-0.39, 0.29) is 12.3 Å². The Morgan fingerprint density at radius 2 is 1.65 bits per heavy atom. The predicted molar refractivity (Wildman–Crippen MR) is 108 cm³/mol. The Morgan fingerprint density at radius 1 is 0.962 bits per heavy atom. The van der Waals surface area contributed by atoms with Crippen molar-refractivity contribution >= 4 is 38.9 Å². The first-order chi connectivity index (χ1) is 12.4. The fraction of sp³-hybridized carbons (Fsp3) is 0.368. The van der Waals surface area contributed by atoms with Gasteiger partial charge in [0.2, 0.25) is 10.0 Å². The third kappa shape index (κ3) is 5.36. The highest BCUT2D eigenvalue weighted by molar-refractivity contribution is 7.88. The highest BCUT2D eigenvalue weighted by atomic mass is 35.5. The van der Waals surface area contributed by atoms with E-state index in [1.165, 1.54) is 24.9 Å². The highest BCUT2D eigenvalue weighted by Crippen LogP contribution is 2.23. The molecule has 0 atom stereocenters. The zero-order chi connectivity index (χ0) is 18.6. The fourth-order valence-electron chi connectivity index (χ4n) is 3.06. The van der Waals surface area contributed by atoms with Crippen molar-refractivity contribution in [2.75, 3.05) is 18.0 Å². The Kier molecular flexibility index (Phi) is 6.46. The monoisotopic (exact) mass is 412 g/mol. The summed E-state index contributed by atoms with van der Waals surface area (Å²) >= 11 is 11.9. The van der Waals surface area contributed by atoms with Crippen LogP contribution in [0.15, 0.2) is 42.5 Å². The molecule has 0 aromatic heterocycles. The van der Waals surface area contributed by atoms with Crippen molar-refractivity contribution in [3.63, 3.8) is 0 Å². The zero-order valence-corrected chi connectivity index (χ0v) is 16.7. The largest absolute Gasteiger partial charge is 0.372 e. The van der Waals surface area contributed by atoms with Crippen molar-refractivity contribution in [2.24, 2.45) is 0 Å². The molecule has 2 aromatic rings. The lowest BCUT2D eigenvalue weighted by molar-refractivity contribution is 0.577. The van der Waals surface area contributed by atoms with Gasteiger partial charge >= 0.3 is 0 Å². The standard InChI is InChI=1S/C19H22Cl2N2O2S/c20-17-7-6-16(19(21)12-17)14-26(24,25)22-13-15-4-8-18(9-5-15)23-10-2-1-3-11-23/h4-9,12,22H,1-3,10-11,13-14H2. The molecule has 0 saturated carbocycles. The Balaban J connectivity index is 1.58. The van der Waals surface area contributed by atoms with Crippen LogP contribution in [-0.2, 0) is 22.3 Å². The van der Waals surface area contributed by atoms with Gasteiger partial charge < -0.3 is 4.90 Å². The minimum Gasteiger partial charge on any atom is -0.372 e. The maximum absolute atomic E-state index is 12.3. The molecule has 1 fully saturated rings. The van der Waals surface area contributed by atoms with E-state index in [1.807, 2.05) is 12.1 Å². The van der Waals surface area contributed by atoms with Crippen molar-refractivity contribution in [3.8, 4) is 0 Å². The summed E-state index contributed by atoms with van der Waals surface area (Å²) in [6, 6.07) is 12.9. The van der Waals surface area contributed by atoms with Crippen LogP contribution in [0.2, 0.25) is 10.0 Å². The van der Waals surface area contributed by atoms with Crippen LogP contribution in [0.4, 0.5) is 5.69 Å². The van der Waals surface area contributed by atoms with Crippen molar-refractivity contribution in [2.45, 2.75) is 31.6 Å². The van der Waals surface area contributed by atoms with Crippen LogP contribution in [0.1, 0.15) is 30.4 Å². The van der Waals surface area contributed by atoms with E-state index in [0.717, 1.165) is 18.7 Å². The average molecular weight is 413 g/mol. The Hall–Kier alpha value is -1.27. The quantitative estimate of drug-likeness (QED) is 0.753. The first-order valence-electron chi connectivity index (χ1n) is 8.68. The van der Waals surface area contributed by atoms with Gasteiger partial charge in [-0.15, -0.1) is 0 Å². The summed E-state index contributed by atoms with van der Waals surface area (Å²) in [6.45, 7) is 2.44. The number of sulfonamides is 1. The molecule has 1 aliphatic heterocycles. The van der Waals surface area contributed by atoms with Crippen LogP contribution in [0.25, 0.3) is 0 Å². The molecule has 1 saturated heterocycles. The van der Waals surface area contributed by atoms with Gasteiger partial charge in [-0.1, -0.05) is 41.4 Å². The molecule has 0 radical (unpaired) electrons. The first kappa shape index (κ1) is 19.5. The molecule has 0 spiro atoms. The minimum atomic E-state index is -3.49. The van der Waals surface area contributed by atoms with E-state index in [2.05, 4.69) is 21.8 Å². The third-order valence-corrected chi connectivity index (χ3v) is 6.38.